The lowest BCUT2D eigenvalue weighted by Gasteiger charge is -2.54. The molecule has 0 bridgehead atoms. The third-order valence-corrected chi connectivity index (χ3v) is 17.6. The van der Waals surface area contributed by atoms with Crippen molar-refractivity contribution in [2.45, 2.75) is 227 Å². The van der Waals surface area contributed by atoms with Crippen molar-refractivity contribution in [2.75, 3.05) is 0 Å². The van der Waals surface area contributed by atoms with Gasteiger partial charge in [-0.15, -0.1) is 0 Å². The number of benzene rings is 3. The van der Waals surface area contributed by atoms with Crippen molar-refractivity contribution in [3.8, 4) is 11.5 Å². The van der Waals surface area contributed by atoms with Crippen molar-refractivity contribution >= 4 is 51.1 Å². The predicted octanol–water partition coefficient (Wildman–Crippen LogP) is 4.54. The molecular weight excluding hydrogens is 1040 g/mol. The van der Waals surface area contributed by atoms with E-state index in [9.17, 15) is 40.5 Å². The van der Waals surface area contributed by atoms with Crippen LogP contribution in [0.5, 0.6) is 11.5 Å². The SMILES string of the molecule is C[C@@H]1O[C@H](O[C@@H]2CC[C@@H](O[C@@H]3C[C@H](O[C@H]4CC[C@H](O[C@]56C(=O)C[C@](C)(O)C[C@@]5(O)C=Cc5c6c6oc(=O)/c(=C7\C=Nc8ccccc87)c7ccc(O)c(c5O)c67)O[C@H]4C)O[C@H](C)[C@H]3O)O[C@@H]2C)C[C@H](O[C@@H]2CC[C@@H](O)[C@@H](C)O2)[C@H]1O. The molecular formula is C59H71NO20. The molecule has 0 spiro atoms. The Morgan fingerprint density at radius 3 is 1.86 bits per heavy atom. The molecule has 0 radical (unpaired) electrons. The van der Waals surface area contributed by atoms with Crippen LogP contribution in [0.3, 0.4) is 0 Å². The Balaban J connectivity index is 0.742. The minimum absolute atomic E-state index is 0.0430. The maximum Gasteiger partial charge on any atom is 0.344 e. The summed E-state index contributed by atoms with van der Waals surface area (Å²) in [6.45, 7) is 10.4. The molecule has 7 N–H and O–H groups in total. The number of aliphatic imine (C=N–C) groups is 1. The van der Waals surface area contributed by atoms with E-state index in [0.29, 0.717) is 48.9 Å². The molecule has 5 saturated heterocycles. The highest BCUT2D eigenvalue weighted by Gasteiger charge is 2.67. The number of nitrogens with zero attached hydrogens (tertiary/aromatic N) is 1. The van der Waals surface area contributed by atoms with Gasteiger partial charge in [-0.05, 0) is 85.1 Å². The number of ketones is 1. The maximum absolute atomic E-state index is 15.1. The molecule has 6 aliphatic heterocycles. The van der Waals surface area contributed by atoms with Crippen LogP contribution in [0.25, 0.3) is 33.4 Å². The first-order valence-corrected chi connectivity index (χ1v) is 28.1. The van der Waals surface area contributed by atoms with Crippen LogP contribution in [0.15, 0.2) is 56.7 Å². The number of Topliss-reactive ketones (excluding diaryl/α,β-unsaturated/α-hetero) is 1. The van der Waals surface area contributed by atoms with Gasteiger partial charge in [0.1, 0.15) is 34.9 Å². The highest BCUT2D eigenvalue weighted by Crippen LogP contribution is 2.58. The number of hydrogen-bond acceptors (Lipinski definition) is 21. The molecule has 3 aromatic carbocycles. The van der Waals surface area contributed by atoms with E-state index >= 15 is 4.79 Å². The molecule has 1 saturated carbocycles. The molecule has 21 heteroatoms. The molecule has 7 heterocycles. The van der Waals surface area contributed by atoms with Crippen molar-refractivity contribution in [3.63, 3.8) is 0 Å². The van der Waals surface area contributed by atoms with Gasteiger partial charge < -0.3 is 87.5 Å². The minimum atomic E-state index is -2.43. The second-order valence-electron chi connectivity index (χ2n) is 23.4. The maximum atomic E-state index is 15.1. The second-order valence-corrected chi connectivity index (χ2v) is 23.4. The quantitative estimate of drug-likeness (QED) is 0.107. The van der Waals surface area contributed by atoms with Crippen molar-refractivity contribution in [1.29, 1.82) is 0 Å². The van der Waals surface area contributed by atoms with Gasteiger partial charge in [0.25, 0.3) is 0 Å². The van der Waals surface area contributed by atoms with Crippen LogP contribution in [0, 0.1) is 0 Å². The zero-order chi connectivity index (χ0) is 56.3. The van der Waals surface area contributed by atoms with Gasteiger partial charge in [0.2, 0.25) is 0 Å². The summed E-state index contributed by atoms with van der Waals surface area (Å²) in [6.07, 6.45) is -5.40. The standard InChI is InChI=1S/C59H71NO20/c1-26-36(61)13-16-43(70-26)77-40-21-46(73-29(4)52(40)64)75-38-14-17-44(71-27(38)2)78-41-22-47(74-30(5)53(41)65)76-39-15-18-45(72-28(39)3)80-59-42(63)23-57(6,68)25-58(59,69)20-19-33-51(59)55-49-32(11-12-37(62)50(49)54(33)66)48(56(67)79-55)34-24-60-35-10-8-7-9-31(34)35/h7-12,19-20,24,26-30,36,38-41,43-47,52-53,61-62,64-66,68-69H,13-18,21-23,25H2,1-6H3/b48-34+/t26-,27-,28+,29+,30-,36-,38-,39+,40+,41-,43-,44-,45+,46-,47+,52+,53-,57+,58+,59+/m1/s1. The number of carbonyl (C=O) groups is 1. The van der Waals surface area contributed by atoms with Crippen LogP contribution >= 0.6 is 0 Å². The fraction of sp³-hybridized carbons (Fsp3) is 0.610. The van der Waals surface area contributed by atoms with Crippen molar-refractivity contribution in [1.82, 2.24) is 0 Å². The number of aromatic hydroxyl groups is 2. The van der Waals surface area contributed by atoms with Gasteiger partial charge in [-0.25, -0.2) is 4.79 Å². The molecule has 432 valence electrons. The number of phenolic OH excluding ortho intramolecular Hbond substituents is 2. The van der Waals surface area contributed by atoms with Crippen LogP contribution in [-0.4, -0.2) is 164 Å². The highest BCUT2D eigenvalue weighted by molar-refractivity contribution is 6.21. The highest BCUT2D eigenvalue weighted by atomic mass is 16.7. The Bertz CT molecular complexity index is 3210. The molecule has 12 rings (SSSR count). The van der Waals surface area contributed by atoms with E-state index in [2.05, 4.69) is 4.99 Å². The lowest BCUT2D eigenvalue weighted by molar-refractivity contribution is -0.335. The fourth-order valence-corrected chi connectivity index (χ4v) is 13.5. The van der Waals surface area contributed by atoms with Gasteiger partial charge in [-0.2, -0.15) is 0 Å². The summed E-state index contributed by atoms with van der Waals surface area (Å²) in [5, 5.41) is 80.8. The zero-order valence-electron chi connectivity index (χ0n) is 45.5. The number of aliphatic hydroxyl groups is 5. The molecule has 0 unspecified atom stereocenters. The molecule has 1 aromatic heterocycles. The molecule has 6 fully saturated rings. The van der Waals surface area contributed by atoms with Gasteiger partial charge in [0.05, 0.1) is 82.9 Å². The van der Waals surface area contributed by atoms with Crippen molar-refractivity contribution in [3.05, 3.63) is 74.8 Å². The Labute approximate surface area is 460 Å². The molecule has 2 aliphatic carbocycles. The Kier molecular flexibility index (Phi) is 14.7. The van der Waals surface area contributed by atoms with E-state index in [1.165, 1.54) is 31.2 Å². The molecule has 0 amide bonds. The van der Waals surface area contributed by atoms with Crippen LogP contribution < -0.4 is 10.8 Å². The lowest BCUT2D eigenvalue weighted by Crippen LogP contribution is -2.67. The molecule has 80 heavy (non-hydrogen) atoms. The van der Waals surface area contributed by atoms with E-state index in [4.69, 9.17) is 51.8 Å². The van der Waals surface area contributed by atoms with Gasteiger partial charge in [0.15, 0.2) is 42.8 Å². The normalized spacial score (nSPS) is 41.7. The molecule has 4 aromatic rings. The topological polar surface area (TPSA) is 294 Å². The monoisotopic (exact) mass is 1110 g/mol. The minimum Gasteiger partial charge on any atom is -0.507 e. The zero-order valence-corrected chi connectivity index (χ0v) is 45.5. The van der Waals surface area contributed by atoms with Crippen LogP contribution in [0.2, 0.25) is 0 Å². The average Bonchev–Trinajstić information content (AvgIpc) is 1.17. The van der Waals surface area contributed by atoms with Crippen molar-refractivity contribution in [2.24, 2.45) is 4.99 Å². The van der Waals surface area contributed by atoms with E-state index in [-0.39, 0.29) is 75.3 Å². The molecule has 8 aliphatic rings. The third kappa shape index (κ3) is 9.72. The summed E-state index contributed by atoms with van der Waals surface area (Å²) in [5.74, 6) is -1.56. The van der Waals surface area contributed by atoms with E-state index in [0.717, 1.165) is 0 Å². The van der Waals surface area contributed by atoms with Crippen LogP contribution in [0.4, 0.5) is 5.69 Å². The number of ether oxygens (including phenoxy) is 10. The number of rotatable bonds is 10. The van der Waals surface area contributed by atoms with E-state index < -0.39 is 139 Å². The van der Waals surface area contributed by atoms with E-state index in [1.54, 1.807) is 40.0 Å². The number of para-hydroxylation sites is 1. The average molecular weight is 1110 g/mol. The number of hydrogen-bond donors (Lipinski definition) is 7. The summed E-state index contributed by atoms with van der Waals surface area (Å²) in [4.78, 5) is 34.1. The lowest BCUT2D eigenvalue weighted by atomic mass is 9.59. The first kappa shape index (κ1) is 55.7. The summed E-state index contributed by atoms with van der Waals surface area (Å²) in [5.41, 5.74) is -5.91. The third-order valence-electron chi connectivity index (χ3n) is 17.6. The van der Waals surface area contributed by atoms with Crippen LogP contribution in [-0.2, 0) is 57.8 Å². The van der Waals surface area contributed by atoms with Crippen molar-refractivity contribution < 1.29 is 92.3 Å². The van der Waals surface area contributed by atoms with Crippen LogP contribution in [0.1, 0.15) is 122 Å². The predicted molar refractivity (Wildman–Crippen MR) is 283 cm³/mol. The number of fused-ring (bicyclic) bond motifs is 5. The number of aliphatic hydroxyl groups excluding tert-OH is 3. The smallest absolute Gasteiger partial charge is 0.344 e. The first-order valence-electron chi connectivity index (χ1n) is 28.1. The molecule has 20 atom stereocenters. The van der Waals surface area contributed by atoms with Gasteiger partial charge in [-0.3, -0.25) is 9.79 Å². The summed E-state index contributed by atoms with van der Waals surface area (Å²) in [6, 6.07) is 10.1. The molecule has 21 nitrogen and oxygen atoms in total. The van der Waals surface area contributed by atoms with E-state index in [1.807, 2.05) is 25.1 Å². The summed E-state index contributed by atoms with van der Waals surface area (Å²) in [7, 11) is 0. The van der Waals surface area contributed by atoms with Gasteiger partial charge in [0, 0.05) is 84.2 Å². The Morgan fingerprint density at radius 2 is 1.23 bits per heavy atom. The van der Waals surface area contributed by atoms with Gasteiger partial charge in [-0.1, -0.05) is 24.3 Å². The van der Waals surface area contributed by atoms with Gasteiger partial charge >= 0.3 is 5.63 Å². The number of carbonyl (C=O) groups excluding carboxylic acids is 1. The second kappa shape index (κ2) is 21.1. The number of phenols is 2. The Morgan fingerprint density at radius 1 is 0.650 bits per heavy atom. The first-order chi connectivity index (χ1) is 38.1. The Hall–Kier alpha value is -4.79. The fourth-order valence-electron chi connectivity index (χ4n) is 13.5. The summed E-state index contributed by atoms with van der Waals surface area (Å²) >= 11 is 0. The summed E-state index contributed by atoms with van der Waals surface area (Å²) < 4.78 is 69.7. The largest absolute Gasteiger partial charge is 0.507 e.